The quantitative estimate of drug-likeness (QED) is 0.777. The fraction of sp³-hybridized carbons (Fsp3) is 0.533. The molecule has 1 aliphatic carbocycles. The highest BCUT2D eigenvalue weighted by atomic mass is 16.2. The molecule has 1 saturated carbocycles. The molecule has 0 bridgehead atoms. The Morgan fingerprint density at radius 1 is 1.29 bits per heavy atom. The molecule has 0 heterocycles. The zero-order chi connectivity index (χ0) is 12.4. The van der Waals surface area contributed by atoms with E-state index in [1.54, 1.807) is 0 Å². The summed E-state index contributed by atoms with van der Waals surface area (Å²) in [6.07, 6.45) is 2.34. The van der Waals surface area contributed by atoms with Crippen molar-refractivity contribution in [3.8, 4) is 0 Å². The Bertz CT molecular complexity index is 390. The maximum atomic E-state index is 12.3. The number of rotatable bonds is 4. The van der Waals surface area contributed by atoms with Gasteiger partial charge in [-0.05, 0) is 43.4 Å². The van der Waals surface area contributed by atoms with Gasteiger partial charge in [-0.15, -0.1) is 0 Å². The van der Waals surface area contributed by atoms with Gasteiger partial charge in [0.25, 0.3) is 5.91 Å². The molecular formula is C15H21NO. The first-order chi connectivity index (χ1) is 8.13. The van der Waals surface area contributed by atoms with Crippen LogP contribution in [-0.4, -0.2) is 23.4 Å². The van der Waals surface area contributed by atoms with Crippen LogP contribution in [0.4, 0.5) is 0 Å². The number of benzene rings is 1. The van der Waals surface area contributed by atoms with Crippen LogP contribution in [0.2, 0.25) is 0 Å². The Balaban J connectivity index is 2.13. The predicted octanol–water partition coefficient (Wildman–Crippen LogP) is 3.43. The maximum absolute atomic E-state index is 12.3. The van der Waals surface area contributed by atoms with Crippen LogP contribution in [-0.2, 0) is 0 Å². The third-order valence-electron chi connectivity index (χ3n) is 3.41. The van der Waals surface area contributed by atoms with Crippen molar-refractivity contribution in [2.24, 2.45) is 0 Å². The van der Waals surface area contributed by atoms with Gasteiger partial charge in [0.05, 0.1) is 0 Å². The normalized spacial score (nSPS) is 15.1. The van der Waals surface area contributed by atoms with Crippen LogP contribution in [0.25, 0.3) is 0 Å². The molecule has 1 aromatic carbocycles. The van der Waals surface area contributed by atoms with Gasteiger partial charge < -0.3 is 4.90 Å². The first-order valence-corrected chi connectivity index (χ1v) is 6.54. The fourth-order valence-electron chi connectivity index (χ4n) is 2.13. The average molecular weight is 231 g/mol. The molecule has 0 N–H and O–H groups in total. The lowest BCUT2D eigenvalue weighted by Crippen LogP contribution is -2.32. The van der Waals surface area contributed by atoms with Gasteiger partial charge in [-0.1, -0.05) is 26.0 Å². The van der Waals surface area contributed by atoms with Gasteiger partial charge in [-0.25, -0.2) is 0 Å². The number of hydrogen-bond donors (Lipinski definition) is 0. The highest BCUT2D eigenvalue weighted by Crippen LogP contribution is 2.28. The summed E-state index contributed by atoms with van der Waals surface area (Å²) in [7, 11) is 0. The predicted molar refractivity (Wildman–Crippen MR) is 70.3 cm³/mol. The van der Waals surface area contributed by atoms with E-state index in [9.17, 15) is 4.79 Å². The monoisotopic (exact) mass is 231 g/mol. The molecule has 0 aromatic heterocycles. The molecular weight excluding hydrogens is 210 g/mol. The number of carbonyl (C=O) groups is 1. The highest BCUT2D eigenvalue weighted by molar-refractivity contribution is 5.94. The van der Waals surface area contributed by atoms with Gasteiger partial charge in [0.15, 0.2) is 0 Å². The van der Waals surface area contributed by atoms with Gasteiger partial charge in [0.1, 0.15) is 0 Å². The van der Waals surface area contributed by atoms with E-state index >= 15 is 0 Å². The topological polar surface area (TPSA) is 20.3 Å². The van der Waals surface area contributed by atoms with E-state index in [-0.39, 0.29) is 5.91 Å². The lowest BCUT2D eigenvalue weighted by atomic mass is 10.0. The summed E-state index contributed by atoms with van der Waals surface area (Å²) < 4.78 is 0. The molecule has 17 heavy (non-hydrogen) atoms. The Morgan fingerprint density at radius 2 is 1.88 bits per heavy atom. The van der Waals surface area contributed by atoms with E-state index in [0.717, 1.165) is 12.1 Å². The minimum absolute atomic E-state index is 0.185. The standard InChI is InChI=1S/C15H21NO/c1-4-16(14-9-10-14)15(17)13-7-5-12(6-8-13)11(2)3/h5-8,11,14H,4,9-10H2,1-3H3. The summed E-state index contributed by atoms with van der Waals surface area (Å²) in [5, 5.41) is 0. The molecule has 0 atom stereocenters. The average Bonchev–Trinajstić information content (AvgIpc) is 3.14. The molecule has 0 radical (unpaired) electrons. The zero-order valence-corrected chi connectivity index (χ0v) is 10.9. The van der Waals surface area contributed by atoms with E-state index in [1.807, 2.05) is 17.0 Å². The van der Waals surface area contributed by atoms with Crippen molar-refractivity contribution in [1.29, 1.82) is 0 Å². The molecule has 0 spiro atoms. The van der Waals surface area contributed by atoms with Gasteiger partial charge in [0, 0.05) is 18.2 Å². The smallest absolute Gasteiger partial charge is 0.254 e. The van der Waals surface area contributed by atoms with Crippen molar-refractivity contribution in [1.82, 2.24) is 4.90 Å². The molecule has 92 valence electrons. The van der Waals surface area contributed by atoms with Crippen molar-refractivity contribution in [3.05, 3.63) is 35.4 Å². The molecule has 0 saturated heterocycles. The van der Waals surface area contributed by atoms with Crippen LogP contribution < -0.4 is 0 Å². The van der Waals surface area contributed by atoms with Gasteiger partial charge in [-0.3, -0.25) is 4.79 Å². The third kappa shape index (κ3) is 2.68. The summed E-state index contributed by atoms with van der Waals surface area (Å²) in [5.41, 5.74) is 2.11. The van der Waals surface area contributed by atoms with Crippen LogP contribution in [0.3, 0.4) is 0 Å². The van der Waals surface area contributed by atoms with Gasteiger partial charge >= 0.3 is 0 Å². The fourth-order valence-corrected chi connectivity index (χ4v) is 2.13. The molecule has 2 rings (SSSR count). The second kappa shape index (κ2) is 4.91. The second-order valence-electron chi connectivity index (χ2n) is 5.10. The Labute approximate surface area is 104 Å². The highest BCUT2D eigenvalue weighted by Gasteiger charge is 2.31. The largest absolute Gasteiger partial charge is 0.336 e. The van der Waals surface area contributed by atoms with Crippen molar-refractivity contribution >= 4 is 5.91 Å². The van der Waals surface area contributed by atoms with E-state index in [0.29, 0.717) is 12.0 Å². The van der Waals surface area contributed by atoms with Crippen molar-refractivity contribution in [3.63, 3.8) is 0 Å². The minimum Gasteiger partial charge on any atom is -0.336 e. The van der Waals surface area contributed by atoms with Gasteiger partial charge in [-0.2, -0.15) is 0 Å². The Kier molecular flexibility index (Phi) is 3.51. The molecule has 1 amide bonds. The first kappa shape index (κ1) is 12.2. The molecule has 1 aromatic rings. The van der Waals surface area contributed by atoms with E-state index in [2.05, 4.69) is 32.9 Å². The van der Waals surface area contributed by atoms with Gasteiger partial charge in [0.2, 0.25) is 0 Å². The van der Waals surface area contributed by atoms with Crippen LogP contribution >= 0.6 is 0 Å². The maximum Gasteiger partial charge on any atom is 0.254 e. The lowest BCUT2D eigenvalue weighted by Gasteiger charge is -2.20. The summed E-state index contributed by atoms with van der Waals surface area (Å²) in [6, 6.07) is 8.56. The van der Waals surface area contributed by atoms with Crippen LogP contribution in [0.1, 0.15) is 55.5 Å². The lowest BCUT2D eigenvalue weighted by molar-refractivity contribution is 0.0752. The molecule has 2 heteroatoms. The van der Waals surface area contributed by atoms with Crippen LogP contribution in [0.15, 0.2) is 24.3 Å². The van der Waals surface area contributed by atoms with E-state index < -0.39 is 0 Å². The first-order valence-electron chi connectivity index (χ1n) is 6.54. The summed E-state index contributed by atoms with van der Waals surface area (Å²) >= 11 is 0. The SMILES string of the molecule is CCN(C(=O)c1ccc(C(C)C)cc1)C1CC1. The van der Waals surface area contributed by atoms with E-state index in [4.69, 9.17) is 0 Å². The Hall–Kier alpha value is -1.31. The molecule has 1 aliphatic rings. The number of carbonyl (C=O) groups excluding carboxylic acids is 1. The minimum atomic E-state index is 0.185. The number of amides is 1. The summed E-state index contributed by atoms with van der Waals surface area (Å²) in [4.78, 5) is 14.3. The van der Waals surface area contributed by atoms with Crippen molar-refractivity contribution in [2.45, 2.75) is 45.6 Å². The number of nitrogens with zero attached hydrogens (tertiary/aromatic N) is 1. The van der Waals surface area contributed by atoms with Crippen LogP contribution in [0.5, 0.6) is 0 Å². The second-order valence-corrected chi connectivity index (χ2v) is 5.10. The molecule has 0 aliphatic heterocycles. The zero-order valence-electron chi connectivity index (χ0n) is 10.9. The van der Waals surface area contributed by atoms with Crippen molar-refractivity contribution < 1.29 is 4.79 Å². The Morgan fingerprint density at radius 3 is 2.29 bits per heavy atom. The summed E-state index contributed by atoms with van der Waals surface area (Å²) in [5.74, 6) is 0.704. The third-order valence-corrected chi connectivity index (χ3v) is 3.41. The van der Waals surface area contributed by atoms with E-state index in [1.165, 1.54) is 18.4 Å². The number of hydrogen-bond acceptors (Lipinski definition) is 1. The van der Waals surface area contributed by atoms with Crippen molar-refractivity contribution in [2.75, 3.05) is 6.54 Å². The molecule has 0 unspecified atom stereocenters. The van der Waals surface area contributed by atoms with Crippen LogP contribution in [0, 0.1) is 0 Å². The molecule has 2 nitrogen and oxygen atoms in total. The molecule has 1 fully saturated rings. The summed E-state index contributed by atoms with van der Waals surface area (Å²) in [6.45, 7) is 7.20.